The molecule has 0 amide bonds. The lowest BCUT2D eigenvalue weighted by Crippen LogP contribution is -2.44. The van der Waals surface area contributed by atoms with Gasteiger partial charge in [0.25, 0.3) is 0 Å². The Morgan fingerprint density at radius 1 is 1.12 bits per heavy atom. The number of hydrogen-bond acceptors (Lipinski definition) is 7. The number of benzene rings is 1. The summed E-state index contributed by atoms with van der Waals surface area (Å²) in [6, 6.07) is 10.8. The van der Waals surface area contributed by atoms with E-state index in [9.17, 15) is 5.26 Å². The maximum atomic E-state index is 9.50. The Morgan fingerprint density at radius 3 is 2.55 bits per heavy atom. The zero-order valence-corrected chi connectivity index (χ0v) is 19.5. The fourth-order valence-electron chi connectivity index (χ4n) is 4.37. The first-order chi connectivity index (χ1) is 16.0. The number of hydrogen-bond donors (Lipinski definition) is 1. The molecule has 8 nitrogen and oxygen atoms in total. The predicted molar refractivity (Wildman–Crippen MR) is 130 cm³/mol. The van der Waals surface area contributed by atoms with E-state index in [0.717, 1.165) is 56.7 Å². The van der Waals surface area contributed by atoms with Gasteiger partial charge in [0.1, 0.15) is 0 Å². The van der Waals surface area contributed by atoms with E-state index >= 15 is 0 Å². The Bertz CT molecular complexity index is 1150. The first kappa shape index (κ1) is 21.7. The van der Waals surface area contributed by atoms with Gasteiger partial charge in [-0.2, -0.15) is 10.4 Å². The second-order valence-corrected chi connectivity index (χ2v) is 9.43. The molecule has 0 unspecified atom stereocenters. The number of halogens is 1. The zero-order valence-electron chi connectivity index (χ0n) is 18.7. The highest BCUT2D eigenvalue weighted by Gasteiger charge is 2.37. The van der Waals surface area contributed by atoms with E-state index < -0.39 is 0 Å². The second kappa shape index (κ2) is 9.00. The van der Waals surface area contributed by atoms with Gasteiger partial charge in [-0.1, -0.05) is 18.0 Å². The van der Waals surface area contributed by atoms with Crippen LogP contribution in [0.3, 0.4) is 0 Å². The van der Waals surface area contributed by atoms with E-state index in [1.54, 1.807) is 12.4 Å². The molecule has 3 heterocycles. The minimum absolute atomic E-state index is 0.290. The van der Waals surface area contributed by atoms with Crippen molar-refractivity contribution in [1.82, 2.24) is 24.6 Å². The molecule has 1 aromatic carbocycles. The van der Waals surface area contributed by atoms with Gasteiger partial charge in [-0.25, -0.2) is 9.97 Å². The molecule has 0 radical (unpaired) electrons. The number of nitriles is 1. The number of nitrogens with zero attached hydrogens (tertiary/aromatic N) is 7. The van der Waals surface area contributed by atoms with Crippen molar-refractivity contribution >= 4 is 28.9 Å². The van der Waals surface area contributed by atoms with E-state index in [2.05, 4.69) is 55.4 Å². The molecule has 33 heavy (non-hydrogen) atoms. The molecule has 3 aromatic rings. The monoisotopic (exact) mass is 462 g/mol. The minimum atomic E-state index is -0.290. The van der Waals surface area contributed by atoms with Crippen molar-refractivity contribution in [2.45, 2.75) is 25.8 Å². The van der Waals surface area contributed by atoms with Crippen LogP contribution in [0.2, 0.25) is 5.02 Å². The third-order valence-electron chi connectivity index (χ3n) is 6.66. The zero-order chi connectivity index (χ0) is 22.8. The maximum Gasteiger partial charge on any atom is 0.227 e. The minimum Gasteiger partial charge on any atom is -0.369 e. The molecule has 1 aliphatic carbocycles. The van der Waals surface area contributed by atoms with Crippen molar-refractivity contribution in [3.05, 3.63) is 47.9 Å². The lowest BCUT2D eigenvalue weighted by molar-refractivity contribution is 0.174. The van der Waals surface area contributed by atoms with Crippen LogP contribution < -0.4 is 10.2 Å². The summed E-state index contributed by atoms with van der Waals surface area (Å²) < 4.78 is 1.82. The smallest absolute Gasteiger partial charge is 0.227 e. The standard InChI is InChI=1S/C24H27ClN8/c1-31-9-11-32(12-10-31)20-5-3-19(4-6-20)29-23-27-14-21(25)22(30-23)18-13-28-33(15-18)17-24(16-26)7-2-8-24/h3-6,13-15H,2,7-12,17H2,1H3,(H,27,29,30). The van der Waals surface area contributed by atoms with E-state index in [-0.39, 0.29) is 5.41 Å². The molecule has 1 saturated carbocycles. The van der Waals surface area contributed by atoms with Gasteiger partial charge in [0.2, 0.25) is 5.95 Å². The topological polar surface area (TPSA) is 85.9 Å². The van der Waals surface area contributed by atoms with Crippen LogP contribution in [-0.2, 0) is 6.54 Å². The van der Waals surface area contributed by atoms with Crippen molar-refractivity contribution in [1.29, 1.82) is 5.26 Å². The molecule has 1 N–H and O–H groups in total. The van der Waals surface area contributed by atoms with Crippen LogP contribution in [-0.4, -0.2) is 57.9 Å². The molecule has 2 fully saturated rings. The van der Waals surface area contributed by atoms with E-state index in [1.165, 1.54) is 5.69 Å². The van der Waals surface area contributed by atoms with Gasteiger partial charge in [-0.05, 0) is 44.2 Å². The van der Waals surface area contributed by atoms with Gasteiger partial charge in [0.15, 0.2) is 0 Å². The molecular formula is C24H27ClN8. The molecule has 0 bridgehead atoms. The summed E-state index contributed by atoms with van der Waals surface area (Å²) in [7, 11) is 2.16. The van der Waals surface area contributed by atoms with E-state index in [0.29, 0.717) is 23.2 Å². The number of likely N-dealkylation sites (N-methyl/N-ethyl adjacent to an activating group) is 1. The van der Waals surface area contributed by atoms with E-state index in [4.69, 9.17) is 11.6 Å². The highest BCUT2D eigenvalue weighted by Crippen LogP contribution is 2.41. The molecule has 2 aliphatic rings. The van der Waals surface area contributed by atoms with Crippen LogP contribution >= 0.6 is 11.6 Å². The number of piperazine rings is 1. The summed E-state index contributed by atoms with van der Waals surface area (Å²) >= 11 is 6.41. The van der Waals surface area contributed by atoms with Crippen LogP contribution in [0.5, 0.6) is 0 Å². The fourth-order valence-corrected chi connectivity index (χ4v) is 4.57. The summed E-state index contributed by atoms with van der Waals surface area (Å²) in [6.07, 6.45) is 8.20. The van der Waals surface area contributed by atoms with Crippen molar-refractivity contribution in [3.63, 3.8) is 0 Å². The molecule has 0 spiro atoms. The first-order valence-corrected chi connectivity index (χ1v) is 11.7. The largest absolute Gasteiger partial charge is 0.369 e. The molecule has 170 valence electrons. The van der Waals surface area contributed by atoms with Crippen molar-refractivity contribution < 1.29 is 0 Å². The van der Waals surface area contributed by atoms with E-state index in [1.807, 2.05) is 23.0 Å². The molecule has 0 atom stereocenters. The summed E-state index contributed by atoms with van der Waals surface area (Å²) in [6.45, 7) is 4.83. The van der Waals surface area contributed by atoms with Gasteiger partial charge in [0.05, 0.1) is 41.1 Å². The van der Waals surface area contributed by atoms with Crippen molar-refractivity contribution in [2.24, 2.45) is 5.41 Å². The molecular weight excluding hydrogens is 436 g/mol. The van der Waals surface area contributed by atoms with Crippen LogP contribution in [0.4, 0.5) is 17.3 Å². The predicted octanol–water partition coefficient (Wildman–Crippen LogP) is 4.18. The number of aromatic nitrogens is 4. The fraction of sp³-hybridized carbons (Fsp3) is 0.417. The van der Waals surface area contributed by atoms with Gasteiger partial charge >= 0.3 is 0 Å². The second-order valence-electron chi connectivity index (χ2n) is 9.02. The van der Waals surface area contributed by atoms with Gasteiger partial charge in [0, 0.05) is 49.3 Å². The summed E-state index contributed by atoms with van der Waals surface area (Å²) in [5.41, 5.74) is 3.28. The summed E-state index contributed by atoms with van der Waals surface area (Å²) in [5, 5.41) is 17.7. The van der Waals surface area contributed by atoms with Gasteiger partial charge < -0.3 is 15.1 Å². The Morgan fingerprint density at radius 2 is 1.88 bits per heavy atom. The Hall–Kier alpha value is -3.15. The Balaban J connectivity index is 1.29. The first-order valence-electron chi connectivity index (χ1n) is 11.3. The van der Waals surface area contributed by atoms with Crippen LogP contribution in [0.15, 0.2) is 42.9 Å². The summed E-state index contributed by atoms with van der Waals surface area (Å²) in [5.74, 6) is 0.474. The molecule has 2 aromatic heterocycles. The Labute approximate surface area is 198 Å². The van der Waals surface area contributed by atoms with Crippen LogP contribution in [0.25, 0.3) is 11.3 Å². The normalized spacial score (nSPS) is 17.9. The molecule has 1 aliphatic heterocycles. The number of rotatable bonds is 6. The van der Waals surface area contributed by atoms with Crippen molar-refractivity contribution in [2.75, 3.05) is 43.4 Å². The lowest BCUT2D eigenvalue weighted by atomic mass is 9.70. The lowest BCUT2D eigenvalue weighted by Gasteiger charge is -2.34. The molecule has 1 saturated heterocycles. The maximum absolute atomic E-state index is 9.50. The Kier molecular flexibility index (Phi) is 5.92. The average molecular weight is 463 g/mol. The summed E-state index contributed by atoms with van der Waals surface area (Å²) in [4.78, 5) is 13.7. The highest BCUT2D eigenvalue weighted by molar-refractivity contribution is 6.32. The third kappa shape index (κ3) is 4.65. The third-order valence-corrected chi connectivity index (χ3v) is 6.93. The van der Waals surface area contributed by atoms with Gasteiger partial charge in [-0.3, -0.25) is 4.68 Å². The van der Waals surface area contributed by atoms with Crippen LogP contribution in [0, 0.1) is 16.7 Å². The molecule has 5 rings (SSSR count). The quantitative estimate of drug-likeness (QED) is 0.587. The van der Waals surface area contributed by atoms with Crippen molar-refractivity contribution in [3.8, 4) is 17.3 Å². The average Bonchev–Trinajstić information content (AvgIpc) is 3.27. The highest BCUT2D eigenvalue weighted by atomic mass is 35.5. The van der Waals surface area contributed by atoms with Crippen LogP contribution in [0.1, 0.15) is 19.3 Å². The number of anilines is 3. The van der Waals surface area contributed by atoms with Gasteiger partial charge in [-0.15, -0.1) is 0 Å². The number of nitrogens with one attached hydrogen (secondary N) is 1. The molecule has 9 heteroatoms. The SMILES string of the molecule is CN1CCN(c2ccc(Nc3ncc(Cl)c(-c4cnn(CC5(C#N)CCC5)c4)n3)cc2)CC1.